The highest BCUT2D eigenvalue weighted by Gasteiger charge is 2.04. The van der Waals surface area contributed by atoms with Crippen molar-refractivity contribution in [3.8, 4) is 0 Å². The molecule has 0 bridgehead atoms. The molecule has 1 aromatic carbocycles. The summed E-state index contributed by atoms with van der Waals surface area (Å²) in [5, 5.41) is 7.12. The first-order valence-corrected chi connectivity index (χ1v) is 5.35. The van der Waals surface area contributed by atoms with E-state index in [1.54, 1.807) is 36.7 Å². The summed E-state index contributed by atoms with van der Waals surface area (Å²) in [7, 11) is 0. The number of carbonyl (C=O) groups excluding carboxylic acids is 1. The van der Waals surface area contributed by atoms with Crippen LogP contribution < -0.4 is 11.1 Å². The summed E-state index contributed by atoms with van der Waals surface area (Å²) in [6.07, 6.45) is 3.34. The molecule has 2 aromatic rings. The van der Waals surface area contributed by atoms with Crippen molar-refractivity contribution in [2.24, 2.45) is 0 Å². The monoisotopic (exact) mass is 250 g/mol. The summed E-state index contributed by atoms with van der Waals surface area (Å²) < 4.78 is 1.54. The minimum absolute atomic E-state index is 0.162. The molecule has 3 N–H and O–H groups in total. The quantitative estimate of drug-likeness (QED) is 0.816. The van der Waals surface area contributed by atoms with Crippen molar-refractivity contribution in [2.45, 2.75) is 6.54 Å². The van der Waals surface area contributed by atoms with Gasteiger partial charge in [-0.05, 0) is 24.3 Å². The average Bonchev–Trinajstić information content (AvgIpc) is 2.76. The number of amides is 1. The van der Waals surface area contributed by atoms with Crippen LogP contribution in [0.15, 0.2) is 36.7 Å². The maximum absolute atomic E-state index is 11.6. The van der Waals surface area contributed by atoms with Gasteiger partial charge in [-0.1, -0.05) is 11.6 Å². The molecule has 2 rings (SSSR count). The van der Waals surface area contributed by atoms with E-state index in [0.29, 0.717) is 16.4 Å². The van der Waals surface area contributed by atoms with E-state index in [1.165, 1.54) is 4.68 Å². The fourth-order valence-corrected chi connectivity index (χ4v) is 1.48. The van der Waals surface area contributed by atoms with Crippen molar-refractivity contribution in [3.05, 3.63) is 41.7 Å². The van der Waals surface area contributed by atoms with Gasteiger partial charge in [-0.25, -0.2) is 0 Å². The number of hydrogen-bond donors (Lipinski definition) is 2. The van der Waals surface area contributed by atoms with Crippen molar-refractivity contribution in [2.75, 3.05) is 11.1 Å². The van der Waals surface area contributed by atoms with E-state index in [0.717, 1.165) is 0 Å². The van der Waals surface area contributed by atoms with Gasteiger partial charge in [0.15, 0.2) is 0 Å². The Morgan fingerprint density at radius 1 is 1.53 bits per heavy atom. The first-order valence-electron chi connectivity index (χ1n) is 4.97. The van der Waals surface area contributed by atoms with E-state index < -0.39 is 0 Å². The Hall–Kier alpha value is -2.01. The molecule has 0 aliphatic carbocycles. The van der Waals surface area contributed by atoms with Gasteiger partial charge in [0.1, 0.15) is 6.54 Å². The zero-order valence-corrected chi connectivity index (χ0v) is 9.69. The molecule has 0 saturated carbocycles. The molecular weight excluding hydrogens is 240 g/mol. The molecule has 0 radical (unpaired) electrons. The smallest absolute Gasteiger partial charge is 0.246 e. The number of benzene rings is 1. The molecule has 0 aliphatic rings. The van der Waals surface area contributed by atoms with Crippen LogP contribution in [0.4, 0.5) is 11.4 Å². The third-order valence-electron chi connectivity index (χ3n) is 2.14. The lowest BCUT2D eigenvalue weighted by molar-refractivity contribution is -0.116. The van der Waals surface area contributed by atoms with Crippen LogP contribution in [0, 0.1) is 0 Å². The number of halogens is 1. The third kappa shape index (κ3) is 2.98. The first-order chi connectivity index (χ1) is 8.15. The molecule has 0 atom stereocenters. The summed E-state index contributed by atoms with van der Waals surface area (Å²) in [6.45, 7) is 0.162. The summed E-state index contributed by atoms with van der Waals surface area (Å²) in [5.74, 6) is -0.171. The average molecular weight is 251 g/mol. The largest absolute Gasteiger partial charge is 0.397 e. The second-order valence-electron chi connectivity index (χ2n) is 3.49. The molecule has 1 aromatic heterocycles. The number of aromatic nitrogens is 2. The SMILES string of the molecule is Nc1cc(NC(=O)Cn2cccn2)ccc1Cl. The summed E-state index contributed by atoms with van der Waals surface area (Å²) in [5.41, 5.74) is 6.68. The van der Waals surface area contributed by atoms with Crippen LogP contribution in [-0.2, 0) is 11.3 Å². The van der Waals surface area contributed by atoms with Crippen LogP contribution in [0.25, 0.3) is 0 Å². The van der Waals surface area contributed by atoms with Crippen LogP contribution in [0.1, 0.15) is 0 Å². The predicted octanol–water partition coefficient (Wildman–Crippen LogP) is 1.76. The van der Waals surface area contributed by atoms with Crippen LogP contribution in [-0.4, -0.2) is 15.7 Å². The maximum Gasteiger partial charge on any atom is 0.246 e. The number of rotatable bonds is 3. The minimum Gasteiger partial charge on any atom is -0.397 e. The van der Waals surface area contributed by atoms with Crippen LogP contribution in [0.3, 0.4) is 0 Å². The molecule has 17 heavy (non-hydrogen) atoms. The molecule has 88 valence electrons. The van der Waals surface area contributed by atoms with Gasteiger partial charge in [-0.3, -0.25) is 9.48 Å². The Bertz CT molecular complexity index is 524. The van der Waals surface area contributed by atoms with E-state index in [-0.39, 0.29) is 12.5 Å². The van der Waals surface area contributed by atoms with Crippen molar-refractivity contribution in [1.82, 2.24) is 9.78 Å². The molecule has 5 nitrogen and oxygen atoms in total. The lowest BCUT2D eigenvalue weighted by atomic mass is 10.3. The molecule has 0 saturated heterocycles. The topological polar surface area (TPSA) is 72.9 Å². The number of nitrogen functional groups attached to an aromatic ring is 1. The number of hydrogen-bond acceptors (Lipinski definition) is 3. The van der Waals surface area contributed by atoms with Gasteiger partial charge < -0.3 is 11.1 Å². The van der Waals surface area contributed by atoms with Gasteiger partial charge in [0.25, 0.3) is 0 Å². The number of anilines is 2. The molecular formula is C11H11ClN4O. The van der Waals surface area contributed by atoms with E-state index in [1.807, 2.05) is 0 Å². The van der Waals surface area contributed by atoms with Crippen molar-refractivity contribution in [1.29, 1.82) is 0 Å². The Labute approximate surface area is 103 Å². The van der Waals surface area contributed by atoms with Gasteiger partial charge in [0, 0.05) is 18.1 Å². The fourth-order valence-electron chi connectivity index (χ4n) is 1.36. The molecule has 0 spiro atoms. The zero-order valence-electron chi connectivity index (χ0n) is 8.93. The van der Waals surface area contributed by atoms with E-state index in [2.05, 4.69) is 10.4 Å². The summed E-state index contributed by atoms with van der Waals surface area (Å²) >= 11 is 5.78. The van der Waals surface area contributed by atoms with Gasteiger partial charge in [-0.15, -0.1) is 0 Å². The van der Waals surface area contributed by atoms with Gasteiger partial charge in [0.05, 0.1) is 10.7 Å². The van der Waals surface area contributed by atoms with Crippen LogP contribution in [0.2, 0.25) is 5.02 Å². The Morgan fingerprint density at radius 3 is 3.00 bits per heavy atom. The second-order valence-corrected chi connectivity index (χ2v) is 3.90. The van der Waals surface area contributed by atoms with E-state index >= 15 is 0 Å². The number of nitrogens with zero attached hydrogens (tertiary/aromatic N) is 2. The molecule has 0 aliphatic heterocycles. The second kappa shape index (κ2) is 4.88. The third-order valence-corrected chi connectivity index (χ3v) is 2.49. The minimum atomic E-state index is -0.171. The van der Waals surface area contributed by atoms with Crippen molar-refractivity contribution >= 4 is 28.9 Å². The highest BCUT2D eigenvalue weighted by atomic mass is 35.5. The van der Waals surface area contributed by atoms with E-state index in [9.17, 15) is 4.79 Å². The fraction of sp³-hybridized carbons (Fsp3) is 0.0909. The Morgan fingerprint density at radius 2 is 2.35 bits per heavy atom. The highest BCUT2D eigenvalue weighted by molar-refractivity contribution is 6.33. The predicted molar refractivity (Wildman–Crippen MR) is 66.7 cm³/mol. The van der Waals surface area contributed by atoms with Gasteiger partial charge in [-0.2, -0.15) is 5.10 Å². The first kappa shape index (κ1) is 11.5. The number of nitrogens with one attached hydrogen (secondary N) is 1. The van der Waals surface area contributed by atoms with E-state index in [4.69, 9.17) is 17.3 Å². The lowest BCUT2D eigenvalue weighted by Gasteiger charge is -2.06. The van der Waals surface area contributed by atoms with Crippen molar-refractivity contribution < 1.29 is 4.79 Å². The van der Waals surface area contributed by atoms with Crippen LogP contribution in [0.5, 0.6) is 0 Å². The maximum atomic E-state index is 11.6. The zero-order chi connectivity index (χ0) is 12.3. The molecule has 0 unspecified atom stereocenters. The summed E-state index contributed by atoms with van der Waals surface area (Å²) in [4.78, 5) is 11.6. The van der Waals surface area contributed by atoms with Gasteiger partial charge in [0.2, 0.25) is 5.91 Å². The van der Waals surface area contributed by atoms with Gasteiger partial charge >= 0.3 is 0 Å². The molecule has 0 fully saturated rings. The highest BCUT2D eigenvalue weighted by Crippen LogP contribution is 2.22. The normalized spacial score (nSPS) is 10.2. The number of carbonyl (C=O) groups is 1. The Kier molecular flexibility index (Phi) is 3.30. The number of nitrogens with two attached hydrogens (primary N) is 1. The molecule has 1 amide bonds. The summed E-state index contributed by atoms with van der Waals surface area (Å²) in [6, 6.07) is 6.71. The lowest BCUT2D eigenvalue weighted by Crippen LogP contribution is -2.19. The van der Waals surface area contributed by atoms with Crippen LogP contribution >= 0.6 is 11.6 Å². The molecule has 1 heterocycles. The van der Waals surface area contributed by atoms with Crippen molar-refractivity contribution in [3.63, 3.8) is 0 Å². The molecule has 6 heteroatoms. The Balaban J connectivity index is 2.00. The standard InChI is InChI=1S/C11H11ClN4O/c12-9-3-2-8(6-10(9)13)15-11(17)7-16-5-1-4-14-16/h1-6H,7,13H2,(H,15,17).